The van der Waals surface area contributed by atoms with Gasteiger partial charge in [0.15, 0.2) is 5.13 Å². The quantitative estimate of drug-likeness (QED) is 0.820. The monoisotopic (exact) mass is 310 g/mol. The van der Waals surface area contributed by atoms with Gasteiger partial charge in [-0.15, -0.1) is 11.3 Å². The molecular weight excluding hydrogens is 288 g/mol. The van der Waals surface area contributed by atoms with Crippen molar-refractivity contribution < 1.29 is 14.3 Å². The standard InChI is InChI=1S/C15H22N2O3S/c1-3-5-6-13(18)17-15-16-11-8-7-10(9-12(11)21-15)14(19)20-4-2/h10H,3-9H2,1-2H3,(H,16,17,18). The van der Waals surface area contributed by atoms with E-state index >= 15 is 0 Å². The van der Waals surface area contributed by atoms with E-state index in [9.17, 15) is 9.59 Å². The van der Waals surface area contributed by atoms with Crippen LogP contribution in [0.5, 0.6) is 0 Å². The number of hydrogen-bond donors (Lipinski definition) is 1. The maximum absolute atomic E-state index is 11.8. The highest BCUT2D eigenvalue weighted by atomic mass is 32.1. The van der Waals surface area contributed by atoms with Crippen LogP contribution in [0.25, 0.3) is 0 Å². The molecule has 6 heteroatoms. The van der Waals surface area contributed by atoms with Gasteiger partial charge in [0.05, 0.1) is 18.2 Å². The molecule has 1 aromatic rings. The number of nitrogens with zero attached hydrogens (tertiary/aromatic N) is 1. The summed E-state index contributed by atoms with van der Waals surface area (Å²) in [6.07, 6.45) is 4.66. The SMILES string of the molecule is CCCCC(=O)Nc1nc2c(s1)CC(C(=O)OCC)CC2. The van der Waals surface area contributed by atoms with E-state index < -0.39 is 0 Å². The molecule has 1 aliphatic carbocycles. The fourth-order valence-corrected chi connectivity index (χ4v) is 3.51. The van der Waals surface area contributed by atoms with E-state index in [4.69, 9.17) is 4.74 Å². The minimum absolute atomic E-state index is 0.0184. The number of unbranched alkanes of at least 4 members (excludes halogenated alkanes) is 1. The molecule has 0 saturated carbocycles. The van der Waals surface area contributed by atoms with Gasteiger partial charge in [0, 0.05) is 11.3 Å². The number of hydrogen-bond acceptors (Lipinski definition) is 5. The van der Waals surface area contributed by atoms with Crippen LogP contribution in [0.3, 0.4) is 0 Å². The summed E-state index contributed by atoms with van der Waals surface area (Å²) in [4.78, 5) is 29.1. The van der Waals surface area contributed by atoms with Gasteiger partial charge in [-0.3, -0.25) is 9.59 Å². The lowest BCUT2D eigenvalue weighted by Gasteiger charge is -2.18. The molecule has 0 aromatic carbocycles. The maximum atomic E-state index is 11.8. The number of fused-ring (bicyclic) bond motifs is 1. The topological polar surface area (TPSA) is 68.3 Å². The number of aryl methyl sites for hydroxylation is 1. The Morgan fingerprint density at radius 1 is 1.43 bits per heavy atom. The number of esters is 1. The number of anilines is 1. The third kappa shape index (κ3) is 4.27. The number of rotatable bonds is 6. The smallest absolute Gasteiger partial charge is 0.309 e. The van der Waals surface area contributed by atoms with Crippen molar-refractivity contribution in [1.82, 2.24) is 4.98 Å². The molecule has 1 atom stereocenters. The number of carbonyl (C=O) groups is 2. The van der Waals surface area contributed by atoms with Crippen LogP contribution in [0.2, 0.25) is 0 Å². The lowest BCUT2D eigenvalue weighted by atomic mass is 9.91. The molecule has 0 saturated heterocycles. The van der Waals surface area contributed by atoms with Crippen LogP contribution < -0.4 is 5.32 Å². The Labute approximate surface area is 129 Å². The van der Waals surface area contributed by atoms with Gasteiger partial charge in [-0.2, -0.15) is 0 Å². The van der Waals surface area contributed by atoms with Gasteiger partial charge in [0.2, 0.25) is 5.91 Å². The summed E-state index contributed by atoms with van der Waals surface area (Å²) in [7, 11) is 0. The van der Waals surface area contributed by atoms with E-state index in [1.807, 2.05) is 6.92 Å². The molecule has 0 radical (unpaired) electrons. The summed E-state index contributed by atoms with van der Waals surface area (Å²) in [6.45, 7) is 4.30. The molecule has 116 valence electrons. The minimum Gasteiger partial charge on any atom is -0.466 e. The highest BCUT2D eigenvalue weighted by Crippen LogP contribution is 2.33. The average Bonchev–Trinajstić information content (AvgIpc) is 2.86. The molecule has 5 nitrogen and oxygen atoms in total. The second-order valence-electron chi connectivity index (χ2n) is 5.23. The molecule has 0 aliphatic heterocycles. The molecular formula is C15H22N2O3S. The number of thiazole rings is 1. The van der Waals surface area contributed by atoms with Gasteiger partial charge in [0.25, 0.3) is 0 Å². The summed E-state index contributed by atoms with van der Waals surface area (Å²) in [6, 6.07) is 0. The highest BCUT2D eigenvalue weighted by molar-refractivity contribution is 7.15. The van der Waals surface area contributed by atoms with Crippen LogP contribution in [0.15, 0.2) is 0 Å². The number of amides is 1. The fraction of sp³-hybridized carbons (Fsp3) is 0.667. The Hall–Kier alpha value is -1.43. The van der Waals surface area contributed by atoms with Gasteiger partial charge in [-0.05, 0) is 32.6 Å². The van der Waals surface area contributed by atoms with Crippen LogP contribution in [0, 0.1) is 5.92 Å². The summed E-state index contributed by atoms with van der Waals surface area (Å²) < 4.78 is 5.09. The van der Waals surface area contributed by atoms with E-state index in [1.54, 1.807) is 0 Å². The van der Waals surface area contributed by atoms with E-state index in [-0.39, 0.29) is 17.8 Å². The van der Waals surface area contributed by atoms with Crippen molar-refractivity contribution in [2.75, 3.05) is 11.9 Å². The summed E-state index contributed by atoms with van der Waals surface area (Å²) in [5.74, 6) is -0.170. The Kier molecular flexibility index (Phi) is 5.73. The van der Waals surface area contributed by atoms with Gasteiger partial charge < -0.3 is 10.1 Å². The molecule has 2 rings (SSSR count). The molecule has 1 unspecified atom stereocenters. The Morgan fingerprint density at radius 3 is 2.95 bits per heavy atom. The second kappa shape index (κ2) is 7.54. The zero-order valence-electron chi connectivity index (χ0n) is 12.6. The van der Waals surface area contributed by atoms with Gasteiger partial charge in [-0.1, -0.05) is 13.3 Å². The normalized spacial score (nSPS) is 17.1. The first-order valence-electron chi connectivity index (χ1n) is 7.59. The average molecular weight is 310 g/mol. The summed E-state index contributed by atoms with van der Waals surface area (Å²) in [5, 5.41) is 3.51. The van der Waals surface area contributed by atoms with Crippen molar-refractivity contribution in [2.45, 2.75) is 52.4 Å². The molecule has 0 fully saturated rings. The second-order valence-corrected chi connectivity index (χ2v) is 6.32. The maximum Gasteiger partial charge on any atom is 0.309 e. The van der Waals surface area contributed by atoms with Crippen molar-refractivity contribution in [3.63, 3.8) is 0 Å². The zero-order chi connectivity index (χ0) is 15.2. The first-order valence-corrected chi connectivity index (χ1v) is 8.40. The van der Waals surface area contributed by atoms with Gasteiger partial charge in [0.1, 0.15) is 0 Å². The van der Waals surface area contributed by atoms with Crippen LogP contribution in [-0.4, -0.2) is 23.5 Å². The summed E-state index contributed by atoms with van der Waals surface area (Å²) >= 11 is 1.49. The Morgan fingerprint density at radius 2 is 2.24 bits per heavy atom. The van der Waals surface area contributed by atoms with Gasteiger partial charge >= 0.3 is 5.97 Å². The third-order valence-corrected chi connectivity index (χ3v) is 4.60. The van der Waals surface area contributed by atoms with Crippen LogP contribution in [-0.2, 0) is 27.2 Å². The number of carbonyl (C=O) groups excluding carboxylic acids is 2. The highest BCUT2D eigenvalue weighted by Gasteiger charge is 2.28. The van der Waals surface area contributed by atoms with E-state index in [1.165, 1.54) is 11.3 Å². The van der Waals surface area contributed by atoms with Gasteiger partial charge in [-0.25, -0.2) is 4.98 Å². The van der Waals surface area contributed by atoms with E-state index in [0.717, 1.165) is 36.3 Å². The summed E-state index contributed by atoms with van der Waals surface area (Å²) in [5.41, 5.74) is 1.02. The van der Waals surface area contributed by atoms with Crippen molar-refractivity contribution in [1.29, 1.82) is 0 Å². The lowest BCUT2D eigenvalue weighted by molar-refractivity contribution is -0.148. The van der Waals surface area contributed by atoms with E-state index in [0.29, 0.717) is 24.6 Å². The lowest BCUT2D eigenvalue weighted by Crippen LogP contribution is -2.24. The minimum atomic E-state index is -0.120. The molecule has 1 heterocycles. The van der Waals surface area contributed by atoms with Crippen LogP contribution in [0.1, 0.15) is 50.1 Å². The first kappa shape index (κ1) is 15.9. The van der Waals surface area contributed by atoms with Crippen molar-refractivity contribution in [2.24, 2.45) is 5.92 Å². The Bertz CT molecular complexity index is 513. The predicted octanol–water partition coefficient (Wildman–Crippen LogP) is 2.94. The fourth-order valence-electron chi connectivity index (χ4n) is 2.41. The molecule has 0 spiro atoms. The van der Waals surface area contributed by atoms with E-state index in [2.05, 4.69) is 17.2 Å². The third-order valence-electron chi connectivity index (χ3n) is 3.56. The molecule has 1 aromatic heterocycles. The zero-order valence-corrected chi connectivity index (χ0v) is 13.4. The molecule has 1 aliphatic rings. The van der Waals surface area contributed by atoms with Crippen molar-refractivity contribution in [3.8, 4) is 0 Å². The number of aromatic nitrogens is 1. The Balaban J connectivity index is 1.96. The number of nitrogens with one attached hydrogen (secondary N) is 1. The molecule has 1 N–H and O–H groups in total. The molecule has 0 bridgehead atoms. The number of ether oxygens (including phenoxy) is 1. The largest absolute Gasteiger partial charge is 0.466 e. The first-order chi connectivity index (χ1) is 10.1. The van der Waals surface area contributed by atoms with Crippen molar-refractivity contribution >= 4 is 28.3 Å². The van der Waals surface area contributed by atoms with Crippen molar-refractivity contribution in [3.05, 3.63) is 10.6 Å². The predicted molar refractivity (Wildman–Crippen MR) is 82.4 cm³/mol. The molecule has 1 amide bonds. The van der Waals surface area contributed by atoms with Crippen LogP contribution in [0.4, 0.5) is 5.13 Å². The molecule has 21 heavy (non-hydrogen) atoms. The van der Waals surface area contributed by atoms with Crippen LogP contribution >= 0.6 is 11.3 Å².